The lowest BCUT2D eigenvalue weighted by Gasteiger charge is -2.18. The van der Waals surface area contributed by atoms with Crippen LogP contribution in [0.1, 0.15) is 79.1 Å². The van der Waals surface area contributed by atoms with Crippen molar-refractivity contribution in [2.24, 2.45) is 11.8 Å². The molecule has 11 rings (SSSR count). The Morgan fingerprint density at radius 1 is 0.375 bits per heavy atom. The fourth-order valence-corrected chi connectivity index (χ4v) is 11.0. The molecule has 0 amide bonds. The van der Waals surface area contributed by atoms with Gasteiger partial charge in [-0.05, 0) is 70.8 Å². The fraction of sp³-hybridized carbons (Fsp3) is 0.267. The topological polar surface area (TPSA) is 35.6 Å². The maximum atomic E-state index is 5.78. The molecule has 4 nitrogen and oxygen atoms in total. The molecule has 64 heavy (non-hydrogen) atoms. The van der Waals surface area contributed by atoms with Gasteiger partial charge < -0.3 is 9.13 Å². The van der Waals surface area contributed by atoms with Crippen LogP contribution in [-0.4, -0.2) is 19.1 Å². The van der Waals surface area contributed by atoms with Crippen molar-refractivity contribution in [3.8, 4) is 22.3 Å². The van der Waals surface area contributed by atoms with E-state index >= 15 is 0 Å². The van der Waals surface area contributed by atoms with E-state index in [4.69, 9.17) is 9.97 Å². The Bertz CT molecular complexity index is 3300. The Kier molecular flexibility index (Phi) is 10.6. The minimum Gasteiger partial charge on any atom is -0.340 e. The average molecular weight is 835 g/mol. The summed E-state index contributed by atoms with van der Waals surface area (Å²) >= 11 is 0. The van der Waals surface area contributed by atoms with E-state index in [0.29, 0.717) is 11.8 Å². The first-order valence-corrected chi connectivity index (χ1v) is 24.1. The molecule has 3 heterocycles. The molecule has 8 aromatic carbocycles. The van der Waals surface area contributed by atoms with Gasteiger partial charge in [-0.2, -0.15) is 0 Å². The Hall–Kier alpha value is -6.52. The molecule has 11 aromatic rings. The molecular weight excluding hydrogens is 777 g/mol. The van der Waals surface area contributed by atoms with Crippen LogP contribution in [0.3, 0.4) is 0 Å². The van der Waals surface area contributed by atoms with E-state index in [0.717, 1.165) is 57.1 Å². The van der Waals surface area contributed by atoms with E-state index in [-0.39, 0.29) is 0 Å². The van der Waals surface area contributed by atoms with Crippen molar-refractivity contribution in [1.82, 2.24) is 19.1 Å². The summed E-state index contributed by atoms with van der Waals surface area (Å²) in [7, 11) is 0. The number of rotatable bonds is 14. The molecule has 2 atom stereocenters. The van der Waals surface area contributed by atoms with Crippen molar-refractivity contribution in [3.63, 3.8) is 0 Å². The lowest BCUT2D eigenvalue weighted by molar-refractivity contribution is 0.401. The van der Waals surface area contributed by atoms with Gasteiger partial charge in [-0.1, -0.05) is 188 Å². The lowest BCUT2D eigenvalue weighted by atomic mass is 9.94. The number of benzene rings is 8. The highest BCUT2D eigenvalue weighted by molar-refractivity contribution is 6.24. The third kappa shape index (κ3) is 6.73. The number of hydrogen-bond acceptors (Lipinski definition) is 2. The molecule has 0 bridgehead atoms. The molecule has 0 saturated heterocycles. The number of aromatic nitrogens is 4. The molecule has 0 aliphatic heterocycles. The van der Waals surface area contributed by atoms with Gasteiger partial charge in [0.25, 0.3) is 0 Å². The van der Waals surface area contributed by atoms with E-state index in [2.05, 4.69) is 182 Å². The summed E-state index contributed by atoms with van der Waals surface area (Å²) in [5, 5.41) is 9.94. The maximum absolute atomic E-state index is 5.78. The largest absolute Gasteiger partial charge is 0.340 e. The van der Waals surface area contributed by atoms with E-state index < -0.39 is 0 Å². The first-order chi connectivity index (χ1) is 31.6. The van der Waals surface area contributed by atoms with Gasteiger partial charge in [0.1, 0.15) is 0 Å². The number of fused-ring (bicyclic) bond motifs is 13. The molecule has 0 radical (unpaired) electrons. The van der Waals surface area contributed by atoms with Crippen LogP contribution in [0, 0.1) is 11.8 Å². The van der Waals surface area contributed by atoms with Gasteiger partial charge in [-0.3, -0.25) is 0 Å². The molecule has 0 aliphatic carbocycles. The molecule has 4 heteroatoms. The average Bonchev–Trinajstić information content (AvgIpc) is 3.83. The summed E-state index contributed by atoms with van der Waals surface area (Å²) in [6.07, 6.45) is 9.85. The van der Waals surface area contributed by atoms with Crippen molar-refractivity contribution < 1.29 is 0 Å². The standard InChI is InChI=1S/C60H58N4/c1-5-9-19-39(7-3)37-63-53-27-17-15-23-47(53)49-31-29-41(35-55(49)63)43-33-34-44(58-57(43)61-59-51-25-13-11-21-45(51)46-22-12-14-26-52(46)60(59)62-58)42-30-32-50-48-24-16-18-28-54(48)64(56(50)36-42)38-40(8-4)20-10-6-2/h11-18,21-36,39-40H,5-10,19-20,37-38H2,1-4H3. The van der Waals surface area contributed by atoms with Crippen LogP contribution in [-0.2, 0) is 13.1 Å². The Morgan fingerprint density at radius 3 is 1.16 bits per heavy atom. The Labute approximate surface area is 376 Å². The van der Waals surface area contributed by atoms with Crippen LogP contribution in [0.2, 0.25) is 0 Å². The van der Waals surface area contributed by atoms with Crippen LogP contribution in [0.5, 0.6) is 0 Å². The number of nitrogens with zero attached hydrogens (tertiary/aromatic N) is 4. The van der Waals surface area contributed by atoms with E-state index in [1.807, 2.05) is 0 Å². The zero-order valence-electron chi connectivity index (χ0n) is 37.9. The summed E-state index contributed by atoms with van der Waals surface area (Å²) in [6.45, 7) is 11.4. The molecule has 0 saturated carbocycles. The zero-order valence-corrected chi connectivity index (χ0v) is 37.9. The molecule has 0 fully saturated rings. The predicted octanol–water partition coefficient (Wildman–Crippen LogP) is 17.1. The SMILES string of the molecule is CCCCC(CC)Cn1c2ccccc2c2ccc(-c3ccc(-c4ccc5c6ccccc6n(CC(CC)CCCC)c5c4)c4nc5c6ccccc6c6ccccc6c5nc34)cc21. The fourth-order valence-electron chi connectivity index (χ4n) is 11.0. The second-order valence-corrected chi connectivity index (χ2v) is 18.4. The highest BCUT2D eigenvalue weighted by atomic mass is 15.0. The molecule has 0 spiro atoms. The molecule has 2 unspecified atom stereocenters. The summed E-state index contributed by atoms with van der Waals surface area (Å²) in [5.41, 5.74) is 13.5. The van der Waals surface area contributed by atoms with E-state index in [9.17, 15) is 0 Å². The van der Waals surface area contributed by atoms with Crippen LogP contribution in [0.4, 0.5) is 0 Å². The number of para-hydroxylation sites is 2. The molecule has 0 N–H and O–H groups in total. The van der Waals surface area contributed by atoms with Gasteiger partial charge in [-0.15, -0.1) is 0 Å². The zero-order chi connectivity index (χ0) is 43.3. The van der Waals surface area contributed by atoms with Gasteiger partial charge in [0.15, 0.2) is 0 Å². The van der Waals surface area contributed by atoms with Crippen molar-refractivity contribution in [2.75, 3.05) is 0 Å². The van der Waals surface area contributed by atoms with Gasteiger partial charge >= 0.3 is 0 Å². The van der Waals surface area contributed by atoms with Crippen LogP contribution in [0.25, 0.3) is 109 Å². The second kappa shape index (κ2) is 16.9. The van der Waals surface area contributed by atoms with E-state index in [1.165, 1.54) is 117 Å². The summed E-state index contributed by atoms with van der Waals surface area (Å²) in [6, 6.07) is 54.3. The smallest absolute Gasteiger partial charge is 0.0979 e. The van der Waals surface area contributed by atoms with Crippen molar-refractivity contribution in [3.05, 3.63) is 146 Å². The lowest BCUT2D eigenvalue weighted by Crippen LogP contribution is -2.10. The molecular formula is C60H58N4. The summed E-state index contributed by atoms with van der Waals surface area (Å²) in [4.78, 5) is 11.6. The quantitative estimate of drug-likeness (QED) is 0.0808. The van der Waals surface area contributed by atoms with Crippen molar-refractivity contribution >= 4 is 87.2 Å². The first-order valence-electron chi connectivity index (χ1n) is 24.1. The predicted molar refractivity (Wildman–Crippen MR) is 276 cm³/mol. The highest BCUT2D eigenvalue weighted by Crippen LogP contribution is 2.42. The maximum Gasteiger partial charge on any atom is 0.0979 e. The highest BCUT2D eigenvalue weighted by Gasteiger charge is 2.22. The van der Waals surface area contributed by atoms with Crippen LogP contribution in [0.15, 0.2) is 146 Å². The van der Waals surface area contributed by atoms with Crippen LogP contribution < -0.4 is 0 Å². The minimum atomic E-state index is 0.628. The second-order valence-electron chi connectivity index (χ2n) is 18.4. The Morgan fingerprint density at radius 2 is 0.750 bits per heavy atom. The molecule has 318 valence electrons. The van der Waals surface area contributed by atoms with Crippen molar-refractivity contribution in [1.29, 1.82) is 0 Å². The van der Waals surface area contributed by atoms with Gasteiger partial charge in [0, 0.05) is 78.6 Å². The van der Waals surface area contributed by atoms with Crippen molar-refractivity contribution in [2.45, 2.75) is 92.2 Å². The number of hydrogen-bond donors (Lipinski definition) is 0. The minimum absolute atomic E-state index is 0.628. The monoisotopic (exact) mass is 834 g/mol. The van der Waals surface area contributed by atoms with Gasteiger partial charge in [0.2, 0.25) is 0 Å². The van der Waals surface area contributed by atoms with E-state index in [1.54, 1.807) is 0 Å². The molecule has 3 aromatic heterocycles. The summed E-state index contributed by atoms with van der Waals surface area (Å²) < 4.78 is 5.21. The third-order valence-electron chi connectivity index (χ3n) is 14.6. The molecule has 0 aliphatic rings. The van der Waals surface area contributed by atoms with Gasteiger partial charge in [-0.25, -0.2) is 9.97 Å². The first kappa shape index (κ1) is 40.3. The summed E-state index contributed by atoms with van der Waals surface area (Å²) in [5.74, 6) is 1.26. The third-order valence-corrected chi connectivity index (χ3v) is 14.6. The van der Waals surface area contributed by atoms with Gasteiger partial charge in [0.05, 0.1) is 22.1 Å². The normalized spacial score (nSPS) is 13.2. The van der Waals surface area contributed by atoms with Crippen LogP contribution >= 0.6 is 0 Å². The number of unbranched alkanes of at least 4 members (excludes halogenated alkanes) is 2. The Balaban J connectivity index is 1.17.